The van der Waals surface area contributed by atoms with Crippen molar-refractivity contribution in [1.29, 1.82) is 0 Å². The second-order valence-electron chi connectivity index (χ2n) is 3.13. The lowest BCUT2D eigenvalue weighted by Gasteiger charge is -2.07. The number of ether oxygens (including phenoxy) is 2. The van der Waals surface area contributed by atoms with Crippen LogP contribution in [0.1, 0.15) is 20.7 Å². The van der Waals surface area contributed by atoms with Gasteiger partial charge in [0.25, 0.3) is 0 Å². The molecule has 0 bridgehead atoms. The molecule has 0 radical (unpaired) electrons. The summed E-state index contributed by atoms with van der Waals surface area (Å²) < 4.78 is 8.79. The molecule has 0 fully saturated rings. The fourth-order valence-corrected chi connectivity index (χ4v) is 1.28. The van der Waals surface area contributed by atoms with Gasteiger partial charge in [-0.15, -0.1) is 0 Å². The monoisotopic (exact) mass is 255 g/mol. The molecule has 0 aliphatic rings. The molecule has 1 N–H and O–H groups in total. The van der Waals surface area contributed by atoms with Crippen LogP contribution in [0.15, 0.2) is 12.1 Å². The van der Waals surface area contributed by atoms with E-state index in [1.165, 1.54) is 0 Å². The highest BCUT2D eigenvalue weighted by molar-refractivity contribution is 6.04. The number of nitrogens with zero attached hydrogens (tertiary/aromatic N) is 1. The second kappa shape index (κ2) is 5.13. The number of esters is 2. The van der Waals surface area contributed by atoms with Crippen LogP contribution in [0.5, 0.6) is 5.75 Å². The molecular formula is C10H9NO7. The molecule has 0 spiro atoms. The van der Waals surface area contributed by atoms with Gasteiger partial charge in [0.2, 0.25) is 0 Å². The number of aromatic hydroxyl groups is 1. The van der Waals surface area contributed by atoms with Gasteiger partial charge in [0, 0.05) is 12.1 Å². The van der Waals surface area contributed by atoms with Crippen LogP contribution in [-0.4, -0.2) is 36.2 Å². The highest BCUT2D eigenvalue weighted by Gasteiger charge is 2.25. The normalized spacial score (nSPS) is 9.67. The average molecular weight is 255 g/mol. The number of nitro benzene ring substituents is 1. The first-order valence-corrected chi connectivity index (χ1v) is 4.60. The molecule has 1 aromatic rings. The quantitative estimate of drug-likeness (QED) is 0.484. The Bertz CT molecular complexity index is 523. The van der Waals surface area contributed by atoms with E-state index >= 15 is 0 Å². The number of phenols is 1. The Balaban J connectivity index is 3.51. The van der Waals surface area contributed by atoms with Crippen molar-refractivity contribution in [3.63, 3.8) is 0 Å². The van der Waals surface area contributed by atoms with Gasteiger partial charge in [-0.25, -0.2) is 9.59 Å². The molecule has 8 heteroatoms. The maximum Gasteiger partial charge on any atom is 0.338 e. The third kappa shape index (κ3) is 2.37. The van der Waals surface area contributed by atoms with Crippen molar-refractivity contribution in [2.45, 2.75) is 0 Å². The van der Waals surface area contributed by atoms with E-state index in [0.717, 1.165) is 26.4 Å². The molecule has 0 aromatic heterocycles. The minimum atomic E-state index is -0.946. The first kappa shape index (κ1) is 13.4. The van der Waals surface area contributed by atoms with Gasteiger partial charge in [-0.1, -0.05) is 0 Å². The minimum Gasteiger partial charge on any atom is -0.502 e. The minimum absolute atomic E-state index is 0.313. The Labute approximate surface area is 101 Å². The highest BCUT2D eigenvalue weighted by Crippen LogP contribution is 2.30. The Morgan fingerprint density at radius 2 is 1.61 bits per heavy atom. The lowest BCUT2D eigenvalue weighted by atomic mass is 10.1. The molecule has 0 aliphatic heterocycles. The van der Waals surface area contributed by atoms with Crippen LogP contribution in [-0.2, 0) is 9.47 Å². The van der Waals surface area contributed by atoms with E-state index in [4.69, 9.17) is 0 Å². The zero-order valence-electron chi connectivity index (χ0n) is 9.50. The van der Waals surface area contributed by atoms with Crippen molar-refractivity contribution >= 4 is 17.6 Å². The van der Waals surface area contributed by atoms with E-state index in [2.05, 4.69) is 9.47 Å². The summed E-state index contributed by atoms with van der Waals surface area (Å²) in [5.41, 5.74) is -1.37. The maximum atomic E-state index is 11.4. The van der Waals surface area contributed by atoms with E-state index in [1.807, 2.05) is 0 Å². The molecule has 1 aromatic carbocycles. The number of hydrogen-bond donors (Lipinski definition) is 1. The van der Waals surface area contributed by atoms with Gasteiger partial charge in [0.05, 0.1) is 30.3 Å². The summed E-state index contributed by atoms with van der Waals surface area (Å²) in [5, 5.41) is 20.0. The highest BCUT2D eigenvalue weighted by atomic mass is 16.6. The number of methoxy groups -OCH3 is 2. The van der Waals surface area contributed by atoms with Crippen LogP contribution >= 0.6 is 0 Å². The summed E-state index contributed by atoms with van der Waals surface area (Å²) in [4.78, 5) is 32.5. The van der Waals surface area contributed by atoms with Gasteiger partial charge in [-0.05, 0) is 0 Å². The zero-order chi connectivity index (χ0) is 13.9. The summed E-state index contributed by atoms with van der Waals surface area (Å²) in [6.45, 7) is 0. The van der Waals surface area contributed by atoms with Gasteiger partial charge < -0.3 is 14.6 Å². The summed E-state index contributed by atoms with van der Waals surface area (Å²) in [6.07, 6.45) is 0. The molecular weight excluding hydrogens is 246 g/mol. The molecule has 0 amide bonds. The molecule has 0 atom stereocenters. The third-order valence-corrected chi connectivity index (χ3v) is 2.12. The predicted molar refractivity (Wildman–Crippen MR) is 57.4 cm³/mol. The smallest absolute Gasteiger partial charge is 0.338 e. The molecule has 1 rings (SSSR count). The van der Waals surface area contributed by atoms with E-state index in [-0.39, 0.29) is 11.1 Å². The van der Waals surface area contributed by atoms with E-state index in [1.54, 1.807) is 0 Å². The van der Waals surface area contributed by atoms with E-state index < -0.39 is 28.3 Å². The van der Waals surface area contributed by atoms with Crippen LogP contribution in [0.4, 0.5) is 5.69 Å². The summed E-state index contributed by atoms with van der Waals surface area (Å²) in [7, 11) is 2.13. The summed E-state index contributed by atoms with van der Waals surface area (Å²) >= 11 is 0. The topological polar surface area (TPSA) is 116 Å². The largest absolute Gasteiger partial charge is 0.502 e. The number of phenolic OH excluding ortho intramolecular Hbond substituents is 1. The second-order valence-corrected chi connectivity index (χ2v) is 3.13. The number of carbonyl (C=O) groups is 2. The Hall–Kier alpha value is -2.64. The first-order valence-electron chi connectivity index (χ1n) is 4.60. The molecule has 0 heterocycles. The standard InChI is InChI=1S/C10H9NO7/c1-17-9(13)5-3-7(11(15)16)8(12)4-6(5)10(14)18-2/h3-4,12H,1-2H3. The first-order chi connectivity index (χ1) is 8.42. The number of benzene rings is 1. The third-order valence-electron chi connectivity index (χ3n) is 2.12. The lowest BCUT2D eigenvalue weighted by Crippen LogP contribution is -2.12. The fourth-order valence-electron chi connectivity index (χ4n) is 1.28. The van der Waals surface area contributed by atoms with Gasteiger partial charge in [-0.2, -0.15) is 0 Å². The van der Waals surface area contributed by atoms with Crippen LogP contribution < -0.4 is 0 Å². The van der Waals surface area contributed by atoms with E-state index in [0.29, 0.717) is 0 Å². The molecule has 18 heavy (non-hydrogen) atoms. The van der Waals surface area contributed by atoms with E-state index in [9.17, 15) is 24.8 Å². The van der Waals surface area contributed by atoms with Crippen molar-refractivity contribution < 1.29 is 29.1 Å². The summed E-state index contributed by atoms with van der Waals surface area (Å²) in [5.74, 6) is -2.60. The predicted octanol–water partition coefficient (Wildman–Crippen LogP) is 0.874. The number of hydrogen-bond acceptors (Lipinski definition) is 7. The van der Waals surface area contributed by atoms with Gasteiger partial charge in [0.1, 0.15) is 0 Å². The van der Waals surface area contributed by atoms with Crippen LogP contribution in [0.25, 0.3) is 0 Å². The molecule has 0 saturated heterocycles. The number of carbonyl (C=O) groups excluding carboxylic acids is 2. The van der Waals surface area contributed by atoms with Gasteiger partial charge >= 0.3 is 17.6 Å². The van der Waals surface area contributed by atoms with Crippen molar-refractivity contribution in [1.82, 2.24) is 0 Å². The van der Waals surface area contributed by atoms with Crippen molar-refractivity contribution in [2.75, 3.05) is 14.2 Å². The van der Waals surface area contributed by atoms with Crippen LogP contribution in [0, 0.1) is 10.1 Å². The van der Waals surface area contributed by atoms with Crippen LogP contribution in [0.2, 0.25) is 0 Å². The molecule has 96 valence electrons. The SMILES string of the molecule is COC(=O)c1cc(O)c([N+](=O)[O-])cc1C(=O)OC. The van der Waals surface area contributed by atoms with Crippen molar-refractivity contribution in [3.8, 4) is 5.75 Å². The van der Waals surface area contributed by atoms with Gasteiger partial charge in [-0.3, -0.25) is 10.1 Å². The Morgan fingerprint density at radius 1 is 1.17 bits per heavy atom. The van der Waals surface area contributed by atoms with Gasteiger partial charge in [0.15, 0.2) is 5.75 Å². The average Bonchev–Trinajstić information content (AvgIpc) is 2.36. The van der Waals surface area contributed by atoms with Crippen LogP contribution in [0.3, 0.4) is 0 Å². The Kier molecular flexibility index (Phi) is 3.82. The zero-order valence-corrected chi connectivity index (χ0v) is 9.50. The lowest BCUT2D eigenvalue weighted by molar-refractivity contribution is -0.385. The molecule has 0 saturated carbocycles. The Morgan fingerprint density at radius 3 is 2.00 bits per heavy atom. The summed E-state index contributed by atoms with van der Waals surface area (Å²) in [6, 6.07) is 1.55. The van der Waals surface area contributed by atoms with Crippen molar-refractivity contribution in [2.24, 2.45) is 0 Å². The van der Waals surface area contributed by atoms with Crippen molar-refractivity contribution in [3.05, 3.63) is 33.4 Å². The number of nitro groups is 1. The number of rotatable bonds is 3. The molecule has 8 nitrogen and oxygen atoms in total. The maximum absolute atomic E-state index is 11.4. The molecule has 0 unspecified atom stereocenters. The molecule has 0 aliphatic carbocycles. The fraction of sp³-hybridized carbons (Fsp3) is 0.200.